The van der Waals surface area contributed by atoms with Crippen LogP contribution in [0.15, 0.2) is 0 Å². The first-order valence-corrected chi connectivity index (χ1v) is 2.04. The van der Waals surface area contributed by atoms with Gasteiger partial charge in [0.2, 0.25) is 5.55 Å². The number of nitrogens with one attached hydrogen (secondary N) is 1. The van der Waals surface area contributed by atoms with Gasteiger partial charge in [-0.3, -0.25) is 0 Å². The van der Waals surface area contributed by atoms with Crippen molar-refractivity contribution in [1.82, 2.24) is 0 Å². The third-order valence-corrected chi connectivity index (χ3v) is 0.479. The molecule has 0 saturated heterocycles. The molecule has 32 valence electrons. The Hall–Kier alpha value is -0.690. The summed E-state index contributed by atoms with van der Waals surface area (Å²) in [6, 6.07) is 0. The first-order valence-electron chi connectivity index (χ1n) is 1.16. The van der Waals surface area contributed by atoms with E-state index in [2.05, 4.69) is 0 Å². The quantitative estimate of drug-likeness (QED) is 0.149. The summed E-state index contributed by atoms with van der Waals surface area (Å²) >= 11 is 0.765. The summed E-state index contributed by atoms with van der Waals surface area (Å²) in [5, 5.41) is 20.0. The standard InChI is InChI=1S/C2H2N2OS/c3-1-6-2-4-5/h2,4H. The van der Waals surface area contributed by atoms with Gasteiger partial charge in [-0.05, 0) is 0 Å². The van der Waals surface area contributed by atoms with E-state index in [1.165, 1.54) is 5.16 Å². The highest BCUT2D eigenvalue weighted by Crippen LogP contribution is 1.79. The van der Waals surface area contributed by atoms with Gasteiger partial charge in [0.05, 0.1) is 11.8 Å². The summed E-state index contributed by atoms with van der Waals surface area (Å²) in [6.45, 7) is 0. The third kappa shape index (κ3) is 3.31. The van der Waals surface area contributed by atoms with E-state index in [0.717, 1.165) is 17.3 Å². The monoisotopic (exact) mass is 102 g/mol. The van der Waals surface area contributed by atoms with Gasteiger partial charge in [-0.2, -0.15) is 5.26 Å². The summed E-state index contributed by atoms with van der Waals surface area (Å²) < 4.78 is 0. The molecule has 0 aliphatic rings. The van der Waals surface area contributed by atoms with Crippen molar-refractivity contribution in [1.29, 1.82) is 5.26 Å². The number of thiocyanates is 1. The molecule has 1 N–H and O–H groups in total. The number of thioether (sulfide) groups is 1. The maximum absolute atomic E-state index is 9.21. The lowest BCUT2D eigenvalue weighted by Gasteiger charge is -1.68. The molecule has 0 spiro atoms. The Morgan fingerprint density at radius 3 is 2.83 bits per heavy atom. The van der Waals surface area contributed by atoms with E-state index < -0.39 is 0 Å². The van der Waals surface area contributed by atoms with Crippen LogP contribution in [-0.2, 0) is 0 Å². The van der Waals surface area contributed by atoms with Gasteiger partial charge in [-0.25, -0.2) is 5.16 Å². The van der Waals surface area contributed by atoms with Crippen LogP contribution in [0.25, 0.3) is 0 Å². The number of nitriles is 1. The van der Waals surface area contributed by atoms with Crippen LogP contribution in [-0.4, -0.2) is 5.55 Å². The van der Waals surface area contributed by atoms with E-state index >= 15 is 0 Å². The molecule has 0 rings (SSSR count). The molecule has 0 heterocycles. The molecule has 0 aliphatic carbocycles. The van der Waals surface area contributed by atoms with Crippen molar-refractivity contribution >= 4 is 17.3 Å². The van der Waals surface area contributed by atoms with E-state index in [1.807, 2.05) is 0 Å². The second kappa shape index (κ2) is 4.31. The Balaban J connectivity index is 2.92. The molecule has 0 fully saturated rings. The minimum absolute atomic E-state index is 0.765. The second-order valence-corrected chi connectivity index (χ2v) is 1.10. The topological polar surface area (TPSA) is 60.8 Å². The van der Waals surface area contributed by atoms with Crippen molar-refractivity contribution in [2.45, 2.75) is 0 Å². The summed E-state index contributed by atoms with van der Waals surface area (Å²) in [5.74, 6) is 0. The summed E-state index contributed by atoms with van der Waals surface area (Å²) in [4.78, 5) is 0. The maximum Gasteiger partial charge on any atom is 0.221 e. The maximum atomic E-state index is 9.21. The number of rotatable bonds is 1. The number of hydrogen-bond donors (Lipinski definition) is 1. The van der Waals surface area contributed by atoms with Crippen molar-refractivity contribution in [2.24, 2.45) is 0 Å². The highest BCUT2D eigenvalue weighted by atomic mass is 32.2. The van der Waals surface area contributed by atoms with Crippen LogP contribution in [0.1, 0.15) is 0 Å². The van der Waals surface area contributed by atoms with Gasteiger partial charge >= 0.3 is 0 Å². The van der Waals surface area contributed by atoms with Crippen molar-refractivity contribution in [3.05, 3.63) is 5.21 Å². The van der Waals surface area contributed by atoms with E-state index in [0.29, 0.717) is 0 Å². The molecule has 0 aliphatic heterocycles. The molecule has 0 saturated carbocycles. The lowest BCUT2D eigenvalue weighted by atomic mass is 11.7. The van der Waals surface area contributed by atoms with Crippen molar-refractivity contribution in [3.8, 4) is 5.40 Å². The van der Waals surface area contributed by atoms with Crippen LogP contribution in [0.2, 0.25) is 0 Å². The average molecular weight is 102 g/mol. The van der Waals surface area contributed by atoms with Crippen LogP contribution in [0, 0.1) is 15.9 Å². The lowest BCUT2D eigenvalue weighted by molar-refractivity contribution is -0.363. The molecule has 0 aromatic carbocycles. The highest BCUT2D eigenvalue weighted by Gasteiger charge is 1.68. The first-order chi connectivity index (χ1) is 2.91. The predicted octanol–water partition coefficient (Wildman–Crippen LogP) is -1.19. The molecule has 0 aromatic rings. The van der Waals surface area contributed by atoms with E-state index in [4.69, 9.17) is 5.26 Å². The molecule has 4 heteroatoms. The SMILES string of the molecule is N#CSC=[NH+][O-]. The van der Waals surface area contributed by atoms with Crippen LogP contribution < -0.4 is 5.16 Å². The summed E-state index contributed by atoms with van der Waals surface area (Å²) in [6.07, 6.45) is 0. The summed E-state index contributed by atoms with van der Waals surface area (Å²) in [7, 11) is 0. The van der Waals surface area contributed by atoms with E-state index in [-0.39, 0.29) is 0 Å². The predicted molar refractivity (Wildman–Crippen MR) is 23.6 cm³/mol. The molecule has 0 bridgehead atoms. The summed E-state index contributed by atoms with van der Waals surface area (Å²) in [5.41, 5.74) is 1.06. The zero-order valence-electron chi connectivity index (χ0n) is 2.84. The normalized spacial score (nSPS) is 8.50. The minimum Gasteiger partial charge on any atom is -0.625 e. The average Bonchev–Trinajstić information content (AvgIpc) is 1.61. The molecule has 0 atom stereocenters. The zero-order valence-corrected chi connectivity index (χ0v) is 3.66. The van der Waals surface area contributed by atoms with E-state index in [9.17, 15) is 5.21 Å². The Kier molecular flexibility index (Phi) is 3.81. The van der Waals surface area contributed by atoms with Crippen LogP contribution in [0.4, 0.5) is 0 Å². The first kappa shape index (κ1) is 5.31. The van der Waals surface area contributed by atoms with Gasteiger partial charge in [0.15, 0.2) is 0 Å². The van der Waals surface area contributed by atoms with Gasteiger partial charge in [0, 0.05) is 0 Å². The Morgan fingerprint density at radius 1 is 2.00 bits per heavy atom. The molecule has 0 radical (unpaired) electrons. The zero-order chi connectivity index (χ0) is 4.83. The lowest BCUT2D eigenvalue weighted by Crippen LogP contribution is -2.59. The fourth-order valence-corrected chi connectivity index (χ4v) is 0.151. The van der Waals surface area contributed by atoms with Gasteiger partial charge in [-0.1, -0.05) is 0 Å². The molecule has 0 unspecified atom stereocenters. The van der Waals surface area contributed by atoms with Gasteiger partial charge < -0.3 is 5.21 Å². The molecule has 3 nitrogen and oxygen atoms in total. The van der Waals surface area contributed by atoms with Crippen molar-refractivity contribution in [2.75, 3.05) is 0 Å². The van der Waals surface area contributed by atoms with Crippen molar-refractivity contribution < 1.29 is 5.16 Å². The van der Waals surface area contributed by atoms with Crippen molar-refractivity contribution in [3.63, 3.8) is 0 Å². The second-order valence-electron chi connectivity index (χ2n) is 0.445. The molecule has 6 heavy (non-hydrogen) atoms. The number of hydrogen-bond acceptors (Lipinski definition) is 3. The molecular formula is C2H2N2OS. The fourth-order valence-electron chi connectivity index (χ4n) is 0.0504. The third-order valence-electron chi connectivity index (χ3n) is 0.160. The smallest absolute Gasteiger partial charge is 0.221 e. The van der Waals surface area contributed by atoms with Gasteiger partial charge in [0.25, 0.3) is 0 Å². The molecule has 0 aromatic heterocycles. The van der Waals surface area contributed by atoms with Crippen LogP contribution in [0.5, 0.6) is 0 Å². The van der Waals surface area contributed by atoms with Gasteiger partial charge in [0.1, 0.15) is 5.40 Å². The Morgan fingerprint density at radius 2 is 2.67 bits per heavy atom. The highest BCUT2D eigenvalue weighted by molar-refractivity contribution is 8.15. The molecular weight excluding hydrogens is 100 g/mol. The van der Waals surface area contributed by atoms with E-state index in [1.54, 1.807) is 5.40 Å². The fraction of sp³-hybridized carbons (Fsp3) is 0. The largest absolute Gasteiger partial charge is 0.625 e. The minimum atomic E-state index is 0.765. The Bertz CT molecular complexity index is 84.0. The van der Waals surface area contributed by atoms with Gasteiger partial charge in [-0.15, -0.1) is 0 Å². The molecule has 0 amide bonds. The van der Waals surface area contributed by atoms with Crippen LogP contribution in [0.3, 0.4) is 0 Å². The number of nitrogens with zero attached hydrogens (tertiary/aromatic N) is 1. The van der Waals surface area contributed by atoms with Crippen LogP contribution >= 0.6 is 11.8 Å². The Labute approximate surface area is 39.3 Å².